The van der Waals surface area contributed by atoms with E-state index in [1.54, 1.807) is 12.1 Å². The number of rotatable bonds is 5. The molecule has 1 heterocycles. The van der Waals surface area contributed by atoms with Gasteiger partial charge in [-0.25, -0.2) is 8.42 Å². The van der Waals surface area contributed by atoms with Gasteiger partial charge in [-0.3, -0.25) is 0 Å². The van der Waals surface area contributed by atoms with Crippen LogP contribution >= 0.6 is 0 Å². The van der Waals surface area contributed by atoms with Crippen molar-refractivity contribution in [1.29, 1.82) is 0 Å². The van der Waals surface area contributed by atoms with Crippen LogP contribution in [0.1, 0.15) is 18.9 Å². The summed E-state index contributed by atoms with van der Waals surface area (Å²) in [5, 5.41) is 8.80. The van der Waals surface area contributed by atoms with E-state index in [4.69, 9.17) is 9.84 Å². The first kappa shape index (κ1) is 15.4. The lowest BCUT2D eigenvalue weighted by Crippen LogP contribution is -2.46. The van der Waals surface area contributed by atoms with Gasteiger partial charge in [0.25, 0.3) is 0 Å². The van der Waals surface area contributed by atoms with Crippen LogP contribution in [0.2, 0.25) is 0 Å². The first-order valence-electron chi connectivity index (χ1n) is 6.85. The summed E-state index contributed by atoms with van der Waals surface area (Å²) in [6.45, 7) is 3.28. The molecule has 1 N–H and O–H groups in total. The molecule has 1 unspecified atom stereocenters. The van der Waals surface area contributed by atoms with Gasteiger partial charge in [0.1, 0.15) is 0 Å². The minimum absolute atomic E-state index is 0.136. The van der Waals surface area contributed by atoms with Crippen LogP contribution in [0.3, 0.4) is 0 Å². The van der Waals surface area contributed by atoms with E-state index in [-0.39, 0.29) is 12.6 Å². The van der Waals surface area contributed by atoms with Crippen LogP contribution in [-0.2, 0) is 21.2 Å². The maximum absolute atomic E-state index is 12.6. The molecule has 0 aromatic heterocycles. The van der Waals surface area contributed by atoms with Crippen molar-refractivity contribution < 1.29 is 18.3 Å². The van der Waals surface area contributed by atoms with Gasteiger partial charge in [-0.2, -0.15) is 4.31 Å². The molecule has 1 aliphatic heterocycles. The normalized spacial score (nSPS) is 21.0. The zero-order valence-electron chi connectivity index (χ0n) is 11.7. The quantitative estimate of drug-likeness (QED) is 0.881. The molecule has 0 radical (unpaired) electrons. The van der Waals surface area contributed by atoms with Crippen molar-refractivity contribution >= 4 is 10.0 Å². The van der Waals surface area contributed by atoms with Crippen LogP contribution in [0.25, 0.3) is 0 Å². The molecule has 5 nitrogen and oxygen atoms in total. The molecule has 0 amide bonds. The number of aliphatic hydroxyl groups excluding tert-OH is 1. The highest BCUT2D eigenvalue weighted by Gasteiger charge is 2.31. The summed E-state index contributed by atoms with van der Waals surface area (Å²) in [5.41, 5.74) is 1.04. The maximum Gasteiger partial charge on any atom is 0.243 e. The summed E-state index contributed by atoms with van der Waals surface area (Å²) >= 11 is 0. The Labute approximate surface area is 120 Å². The molecule has 1 aliphatic rings. The Morgan fingerprint density at radius 3 is 2.65 bits per heavy atom. The van der Waals surface area contributed by atoms with E-state index in [9.17, 15) is 8.42 Å². The van der Waals surface area contributed by atoms with Gasteiger partial charge >= 0.3 is 0 Å². The molecule has 1 aromatic rings. The third kappa shape index (κ3) is 3.38. The van der Waals surface area contributed by atoms with Crippen molar-refractivity contribution in [3.63, 3.8) is 0 Å². The van der Waals surface area contributed by atoms with Gasteiger partial charge in [-0.15, -0.1) is 0 Å². The fourth-order valence-corrected chi connectivity index (χ4v) is 3.92. The van der Waals surface area contributed by atoms with Gasteiger partial charge < -0.3 is 9.84 Å². The molecule has 2 rings (SSSR count). The predicted octanol–water partition coefficient (Wildman–Crippen LogP) is 1.02. The summed E-state index contributed by atoms with van der Waals surface area (Å²) in [7, 11) is -3.44. The Kier molecular flexibility index (Phi) is 5.15. The minimum Gasteiger partial charge on any atom is -0.396 e. The van der Waals surface area contributed by atoms with Crippen molar-refractivity contribution in [2.24, 2.45) is 0 Å². The van der Waals surface area contributed by atoms with E-state index in [1.165, 1.54) is 4.31 Å². The summed E-state index contributed by atoms with van der Waals surface area (Å²) in [6.07, 6.45) is 1.44. The lowest BCUT2D eigenvalue weighted by atomic mass is 10.1. The highest BCUT2D eigenvalue weighted by molar-refractivity contribution is 7.89. The Bertz CT molecular complexity index is 527. The number of aliphatic hydroxyl groups is 1. The smallest absolute Gasteiger partial charge is 0.243 e. The average Bonchev–Trinajstić information content (AvgIpc) is 2.46. The van der Waals surface area contributed by atoms with Crippen LogP contribution < -0.4 is 0 Å². The van der Waals surface area contributed by atoms with Gasteiger partial charge in [0, 0.05) is 19.2 Å². The number of ether oxygens (including phenoxy) is 1. The van der Waals surface area contributed by atoms with E-state index < -0.39 is 10.0 Å². The number of nitrogens with zero attached hydrogens (tertiary/aromatic N) is 1. The van der Waals surface area contributed by atoms with Crippen LogP contribution in [0.15, 0.2) is 29.2 Å². The van der Waals surface area contributed by atoms with Crippen molar-refractivity contribution in [2.45, 2.75) is 30.7 Å². The van der Waals surface area contributed by atoms with Gasteiger partial charge in [0.05, 0.1) is 18.1 Å². The summed E-state index contributed by atoms with van der Waals surface area (Å²) in [4.78, 5) is 0.319. The molecule has 1 atom stereocenters. The second-order valence-corrected chi connectivity index (χ2v) is 6.90. The van der Waals surface area contributed by atoms with Crippen molar-refractivity contribution in [1.82, 2.24) is 4.31 Å². The van der Waals surface area contributed by atoms with Crippen molar-refractivity contribution in [2.75, 3.05) is 26.4 Å². The number of benzene rings is 1. The van der Waals surface area contributed by atoms with Crippen LogP contribution in [0.5, 0.6) is 0 Å². The molecular weight excluding hydrogens is 278 g/mol. The maximum atomic E-state index is 12.6. The Balaban J connectivity index is 2.16. The molecule has 6 heteroatoms. The third-order valence-corrected chi connectivity index (χ3v) is 5.49. The van der Waals surface area contributed by atoms with E-state index >= 15 is 0 Å². The largest absolute Gasteiger partial charge is 0.396 e. The van der Waals surface area contributed by atoms with Gasteiger partial charge in [-0.05, 0) is 37.5 Å². The molecule has 112 valence electrons. The topological polar surface area (TPSA) is 66.8 Å². The standard InChI is InChI=1S/C14H21NO4S/c1-12-11-19-10-8-15(12)20(17,18)14-6-4-13(5-7-14)3-2-9-16/h4-7,12,16H,2-3,8-11H2,1H3. The summed E-state index contributed by atoms with van der Waals surface area (Å²) in [6, 6.07) is 6.78. The van der Waals surface area contributed by atoms with Crippen LogP contribution in [0, 0.1) is 0 Å². The zero-order chi connectivity index (χ0) is 14.6. The van der Waals surface area contributed by atoms with E-state index in [2.05, 4.69) is 0 Å². The summed E-state index contributed by atoms with van der Waals surface area (Å²) < 4.78 is 31.9. The first-order valence-corrected chi connectivity index (χ1v) is 8.29. The molecule has 0 spiro atoms. The lowest BCUT2D eigenvalue weighted by molar-refractivity contribution is 0.0393. The van der Waals surface area contributed by atoms with Gasteiger partial charge in [0.15, 0.2) is 0 Å². The fourth-order valence-electron chi connectivity index (χ4n) is 2.32. The molecule has 1 fully saturated rings. The van der Waals surface area contributed by atoms with Crippen molar-refractivity contribution in [3.05, 3.63) is 29.8 Å². The van der Waals surface area contributed by atoms with E-state index in [0.29, 0.717) is 31.1 Å². The Hall–Kier alpha value is -0.950. The monoisotopic (exact) mass is 299 g/mol. The second kappa shape index (κ2) is 6.67. The number of hydrogen-bond acceptors (Lipinski definition) is 4. The fraction of sp³-hybridized carbons (Fsp3) is 0.571. The zero-order valence-corrected chi connectivity index (χ0v) is 12.5. The molecule has 20 heavy (non-hydrogen) atoms. The highest BCUT2D eigenvalue weighted by atomic mass is 32.2. The molecule has 1 saturated heterocycles. The molecule has 1 aromatic carbocycles. The van der Waals surface area contributed by atoms with Gasteiger partial charge in [0.2, 0.25) is 10.0 Å². The minimum atomic E-state index is -3.44. The van der Waals surface area contributed by atoms with Gasteiger partial charge in [-0.1, -0.05) is 12.1 Å². The van der Waals surface area contributed by atoms with E-state index in [1.807, 2.05) is 19.1 Å². The lowest BCUT2D eigenvalue weighted by Gasteiger charge is -2.32. The molecular formula is C14H21NO4S. The Morgan fingerprint density at radius 1 is 1.35 bits per heavy atom. The highest BCUT2D eigenvalue weighted by Crippen LogP contribution is 2.21. The number of aryl methyl sites for hydroxylation is 1. The van der Waals surface area contributed by atoms with Crippen molar-refractivity contribution in [3.8, 4) is 0 Å². The van der Waals surface area contributed by atoms with E-state index in [0.717, 1.165) is 12.0 Å². The number of sulfonamides is 1. The number of morpholine rings is 1. The Morgan fingerprint density at radius 2 is 2.05 bits per heavy atom. The third-order valence-electron chi connectivity index (χ3n) is 3.46. The average molecular weight is 299 g/mol. The van der Waals surface area contributed by atoms with Crippen LogP contribution in [0.4, 0.5) is 0 Å². The first-order chi connectivity index (χ1) is 9.55. The molecule has 0 bridgehead atoms. The molecule has 0 saturated carbocycles. The predicted molar refractivity (Wildman–Crippen MR) is 76.0 cm³/mol. The SMILES string of the molecule is CC1COCCN1S(=O)(=O)c1ccc(CCCO)cc1. The second-order valence-electron chi connectivity index (χ2n) is 5.01. The number of hydrogen-bond donors (Lipinski definition) is 1. The summed E-state index contributed by atoms with van der Waals surface area (Å²) in [5.74, 6) is 0. The van der Waals surface area contributed by atoms with Crippen LogP contribution in [-0.4, -0.2) is 50.2 Å². The molecule has 0 aliphatic carbocycles.